The van der Waals surface area contributed by atoms with E-state index in [9.17, 15) is 9.59 Å². The van der Waals surface area contributed by atoms with Crippen LogP contribution in [0.3, 0.4) is 0 Å². The molecule has 0 saturated heterocycles. The minimum Gasteiger partial charge on any atom is -0.477 e. The molecule has 1 aromatic heterocycles. The molecule has 12 heavy (non-hydrogen) atoms. The highest BCUT2D eigenvalue weighted by Gasteiger charge is 2.09. The van der Waals surface area contributed by atoms with Crippen molar-refractivity contribution in [2.24, 2.45) is 0 Å². The molecule has 0 spiro atoms. The number of hydrogen-bond acceptors (Lipinski definition) is 2. The SMILES string of the molecule is Cc1cc(Br)c(C(=O)O)[nH]c1=O. The van der Waals surface area contributed by atoms with E-state index < -0.39 is 5.97 Å². The molecule has 1 rings (SSSR count). The van der Waals surface area contributed by atoms with Crippen molar-refractivity contribution in [3.8, 4) is 0 Å². The standard InChI is InChI=1S/C7H6BrNO3/c1-3-2-4(8)5(7(11)12)9-6(3)10/h2H,1H3,(H,9,10)(H,11,12). The third kappa shape index (κ3) is 1.55. The monoisotopic (exact) mass is 231 g/mol. The number of rotatable bonds is 1. The fraction of sp³-hybridized carbons (Fsp3) is 0.143. The van der Waals surface area contributed by atoms with Gasteiger partial charge in [0, 0.05) is 10.0 Å². The predicted octanol–water partition coefficient (Wildman–Crippen LogP) is 1.14. The second-order valence-corrected chi connectivity index (χ2v) is 3.16. The summed E-state index contributed by atoms with van der Waals surface area (Å²) in [6.45, 7) is 1.61. The molecular formula is C7H6BrNO3. The van der Waals surface area contributed by atoms with E-state index in [0.29, 0.717) is 10.0 Å². The lowest BCUT2D eigenvalue weighted by molar-refractivity contribution is 0.0689. The molecule has 0 aliphatic rings. The van der Waals surface area contributed by atoms with E-state index in [4.69, 9.17) is 5.11 Å². The summed E-state index contributed by atoms with van der Waals surface area (Å²) in [4.78, 5) is 23.7. The second kappa shape index (κ2) is 3.10. The summed E-state index contributed by atoms with van der Waals surface area (Å²) < 4.78 is 0.382. The molecule has 0 amide bonds. The molecule has 0 aliphatic carbocycles. The third-order valence-corrected chi connectivity index (χ3v) is 2.02. The molecule has 0 aromatic carbocycles. The average Bonchev–Trinajstić information content (AvgIpc) is 1.96. The molecule has 0 saturated carbocycles. The van der Waals surface area contributed by atoms with Gasteiger partial charge in [-0.05, 0) is 28.9 Å². The summed E-state index contributed by atoms with van der Waals surface area (Å²) in [6, 6.07) is 1.47. The average molecular weight is 232 g/mol. The number of H-pyrrole nitrogens is 1. The lowest BCUT2D eigenvalue weighted by Crippen LogP contribution is -2.15. The van der Waals surface area contributed by atoms with Crippen molar-refractivity contribution in [3.05, 3.63) is 32.2 Å². The molecular weight excluding hydrogens is 226 g/mol. The zero-order valence-corrected chi connectivity index (χ0v) is 7.81. The van der Waals surface area contributed by atoms with Crippen LogP contribution in [0.4, 0.5) is 0 Å². The topological polar surface area (TPSA) is 70.2 Å². The maximum atomic E-state index is 11.0. The largest absolute Gasteiger partial charge is 0.477 e. The molecule has 2 N–H and O–H groups in total. The van der Waals surface area contributed by atoms with Gasteiger partial charge in [0.1, 0.15) is 5.69 Å². The summed E-state index contributed by atoms with van der Waals surface area (Å²) in [5.41, 5.74) is -0.0203. The summed E-state index contributed by atoms with van der Waals surface area (Å²) in [7, 11) is 0. The molecule has 0 aliphatic heterocycles. The number of halogens is 1. The van der Waals surface area contributed by atoms with E-state index in [-0.39, 0.29) is 11.3 Å². The molecule has 0 atom stereocenters. The quantitative estimate of drug-likeness (QED) is 0.762. The molecule has 0 fully saturated rings. The van der Waals surface area contributed by atoms with E-state index in [0.717, 1.165) is 0 Å². The maximum absolute atomic E-state index is 11.0. The van der Waals surface area contributed by atoms with E-state index >= 15 is 0 Å². The highest BCUT2D eigenvalue weighted by molar-refractivity contribution is 9.10. The van der Waals surface area contributed by atoms with Gasteiger partial charge in [-0.2, -0.15) is 0 Å². The molecule has 0 radical (unpaired) electrons. The Morgan fingerprint density at radius 1 is 1.67 bits per heavy atom. The number of pyridine rings is 1. The van der Waals surface area contributed by atoms with Gasteiger partial charge >= 0.3 is 5.97 Å². The van der Waals surface area contributed by atoms with Crippen molar-refractivity contribution >= 4 is 21.9 Å². The number of aromatic nitrogens is 1. The Morgan fingerprint density at radius 3 is 2.75 bits per heavy atom. The fourth-order valence-corrected chi connectivity index (χ4v) is 1.37. The number of nitrogens with one attached hydrogen (secondary N) is 1. The van der Waals surface area contributed by atoms with Crippen molar-refractivity contribution in [2.75, 3.05) is 0 Å². The Morgan fingerprint density at radius 2 is 2.25 bits per heavy atom. The first kappa shape index (κ1) is 8.99. The smallest absolute Gasteiger partial charge is 0.353 e. The minimum absolute atomic E-state index is 0.120. The number of aromatic carboxylic acids is 1. The van der Waals surface area contributed by atoms with Crippen LogP contribution in [0.5, 0.6) is 0 Å². The van der Waals surface area contributed by atoms with Gasteiger partial charge < -0.3 is 10.1 Å². The molecule has 5 heteroatoms. The van der Waals surface area contributed by atoms with Crippen molar-refractivity contribution in [3.63, 3.8) is 0 Å². The van der Waals surface area contributed by atoms with Crippen LogP contribution in [0.15, 0.2) is 15.3 Å². The number of hydrogen-bond donors (Lipinski definition) is 2. The van der Waals surface area contributed by atoms with Crippen LogP contribution >= 0.6 is 15.9 Å². The van der Waals surface area contributed by atoms with Gasteiger partial charge in [-0.3, -0.25) is 4.79 Å². The molecule has 0 unspecified atom stereocenters. The summed E-state index contributed by atoms with van der Waals surface area (Å²) in [5, 5.41) is 8.58. The molecule has 64 valence electrons. The van der Waals surface area contributed by atoms with Gasteiger partial charge in [0.15, 0.2) is 0 Å². The van der Waals surface area contributed by atoms with E-state index in [2.05, 4.69) is 20.9 Å². The van der Waals surface area contributed by atoms with Crippen LogP contribution < -0.4 is 5.56 Å². The number of aromatic amines is 1. The van der Waals surface area contributed by atoms with Crippen LogP contribution in [-0.2, 0) is 0 Å². The Balaban J connectivity index is 3.43. The van der Waals surface area contributed by atoms with Crippen molar-refractivity contribution in [1.82, 2.24) is 4.98 Å². The zero-order valence-electron chi connectivity index (χ0n) is 6.22. The predicted molar refractivity (Wildman–Crippen MR) is 46.5 cm³/mol. The zero-order chi connectivity index (χ0) is 9.30. The first-order valence-corrected chi connectivity index (χ1v) is 3.94. The van der Waals surface area contributed by atoms with Crippen LogP contribution in [0, 0.1) is 6.92 Å². The number of carboxylic acid groups (broad SMARTS) is 1. The van der Waals surface area contributed by atoms with Gasteiger partial charge in [-0.1, -0.05) is 0 Å². The van der Waals surface area contributed by atoms with Gasteiger partial charge in [0.05, 0.1) is 0 Å². The van der Waals surface area contributed by atoms with Gasteiger partial charge in [0.2, 0.25) is 0 Å². The third-order valence-electron chi connectivity index (χ3n) is 1.39. The normalized spacial score (nSPS) is 9.83. The summed E-state index contributed by atoms with van der Waals surface area (Å²) in [5.74, 6) is -1.15. The molecule has 4 nitrogen and oxygen atoms in total. The van der Waals surface area contributed by atoms with Crippen LogP contribution in [0.1, 0.15) is 16.1 Å². The van der Waals surface area contributed by atoms with E-state index in [1.165, 1.54) is 6.07 Å². The van der Waals surface area contributed by atoms with Crippen molar-refractivity contribution < 1.29 is 9.90 Å². The fourth-order valence-electron chi connectivity index (χ4n) is 0.755. The lowest BCUT2D eigenvalue weighted by Gasteiger charge is -1.98. The number of aryl methyl sites for hydroxylation is 1. The molecule has 1 aromatic rings. The Labute approximate surface area is 76.4 Å². The highest BCUT2D eigenvalue weighted by Crippen LogP contribution is 2.13. The van der Waals surface area contributed by atoms with Crippen LogP contribution in [-0.4, -0.2) is 16.1 Å². The second-order valence-electron chi connectivity index (χ2n) is 2.31. The lowest BCUT2D eigenvalue weighted by atomic mass is 10.3. The molecule has 0 bridgehead atoms. The van der Waals surface area contributed by atoms with Gasteiger partial charge in [-0.25, -0.2) is 4.79 Å². The minimum atomic E-state index is -1.15. The summed E-state index contributed by atoms with van der Waals surface area (Å²) in [6.07, 6.45) is 0. The first-order chi connectivity index (χ1) is 5.52. The summed E-state index contributed by atoms with van der Waals surface area (Å²) >= 11 is 3.03. The van der Waals surface area contributed by atoms with Crippen molar-refractivity contribution in [1.29, 1.82) is 0 Å². The number of carboxylic acids is 1. The Kier molecular flexibility index (Phi) is 2.32. The molecule has 1 heterocycles. The van der Waals surface area contributed by atoms with Crippen LogP contribution in [0.2, 0.25) is 0 Å². The van der Waals surface area contributed by atoms with Gasteiger partial charge in [-0.15, -0.1) is 0 Å². The van der Waals surface area contributed by atoms with E-state index in [1.807, 2.05) is 0 Å². The van der Waals surface area contributed by atoms with E-state index in [1.54, 1.807) is 6.92 Å². The van der Waals surface area contributed by atoms with Crippen LogP contribution in [0.25, 0.3) is 0 Å². The highest BCUT2D eigenvalue weighted by atomic mass is 79.9. The van der Waals surface area contributed by atoms with Crippen molar-refractivity contribution in [2.45, 2.75) is 6.92 Å². The Bertz CT molecular complexity index is 383. The maximum Gasteiger partial charge on any atom is 0.353 e. The Hall–Kier alpha value is -1.10. The first-order valence-electron chi connectivity index (χ1n) is 3.15. The number of carbonyl (C=O) groups is 1. The van der Waals surface area contributed by atoms with Gasteiger partial charge in [0.25, 0.3) is 5.56 Å².